The van der Waals surface area contributed by atoms with Gasteiger partial charge in [-0.1, -0.05) is 19.3 Å². The molecule has 0 bridgehead atoms. The molecule has 0 heterocycles. The van der Waals surface area contributed by atoms with Gasteiger partial charge < -0.3 is 5.32 Å². The lowest BCUT2D eigenvalue weighted by Crippen LogP contribution is -2.22. The van der Waals surface area contributed by atoms with E-state index in [4.69, 9.17) is 0 Å². The Morgan fingerprint density at radius 1 is 1.24 bits per heavy atom. The first-order valence-electron chi connectivity index (χ1n) is 6.19. The molecule has 1 fully saturated rings. The molecular formula is C13H19BrN2S. The molecule has 0 atom stereocenters. The van der Waals surface area contributed by atoms with Gasteiger partial charge in [0.2, 0.25) is 0 Å². The third kappa shape index (κ3) is 3.90. The third-order valence-electron chi connectivity index (χ3n) is 3.13. The van der Waals surface area contributed by atoms with Crippen molar-refractivity contribution in [2.75, 3.05) is 12.4 Å². The Kier molecular flexibility index (Phi) is 5.19. The van der Waals surface area contributed by atoms with Crippen LogP contribution in [0.5, 0.6) is 0 Å². The van der Waals surface area contributed by atoms with E-state index in [9.17, 15) is 0 Å². The minimum Gasteiger partial charge on any atom is -0.381 e. The Morgan fingerprint density at radius 3 is 2.65 bits per heavy atom. The highest BCUT2D eigenvalue weighted by Gasteiger charge is 2.14. The van der Waals surface area contributed by atoms with Crippen molar-refractivity contribution in [3.63, 3.8) is 0 Å². The summed E-state index contributed by atoms with van der Waals surface area (Å²) in [5, 5.41) is 3.64. The standard InChI is InChI=1S/C13H19BrN2S/c1-15-17-11-7-8-13(12(14)9-11)16-10-5-3-2-4-6-10/h7-10,15-16H,2-6H2,1H3. The maximum absolute atomic E-state index is 3.64. The Labute approximate surface area is 116 Å². The molecule has 0 radical (unpaired) electrons. The number of hydrogen-bond donors (Lipinski definition) is 2. The van der Waals surface area contributed by atoms with E-state index < -0.39 is 0 Å². The van der Waals surface area contributed by atoms with Crippen LogP contribution in [0.3, 0.4) is 0 Å². The summed E-state index contributed by atoms with van der Waals surface area (Å²) in [6.07, 6.45) is 6.74. The van der Waals surface area contributed by atoms with Crippen LogP contribution >= 0.6 is 27.9 Å². The van der Waals surface area contributed by atoms with Crippen LogP contribution in [0.25, 0.3) is 0 Å². The van der Waals surface area contributed by atoms with Gasteiger partial charge >= 0.3 is 0 Å². The fraction of sp³-hybridized carbons (Fsp3) is 0.538. The van der Waals surface area contributed by atoms with E-state index in [2.05, 4.69) is 44.2 Å². The SMILES string of the molecule is CNSc1ccc(NC2CCCCC2)c(Br)c1. The van der Waals surface area contributed by atoms with Gasteiger partial charge in [-0.05, 0) is 66.0 Å². The van der Waals surface area contributed by atoms with Gasteiger partial charge in [0, 0.05) is 21.1 Å². The van der Waals surface area contributed by atoms with E-state index in [0.717, 1.165) is 4.47 Å². The van der Waals surface area contributed by atoms with Crippen LogP contribution in [-0.2, 0) is 0 Å². The average Bonchev–Trinajstić information content (AvgIpc) is 2.34. The summed E-state index contributed by atoms with van der Waals surface area (Å²) in [7, 11) is 1.94. The minimum atomic E-state index is 0.655. The molecule has 2 N–H and O–H groups in total. The molecule has 2 nitrogen and oxygen atoms in total. The summed E-state index contributed by atoms with van der Waals surface area (Å²) in [5.74, 6) is 0. The van der Waals surface area contributed by atoms with E-state index in [0.29, 0.717) is 6.04 Å². The molecule has 1 aliphatic carbocycles. The molecule has 0 spiro atoms. The summed E-state index contributed by atoms with van der Waals surface area (Å²) in [6, 6.07) is 7.13. The summed E-state index contributed by atoms with van der Waals surface area (Å²) in [5.41, 5.74) is 1.22. The van der Waals surface area contributed by atoms with Crippen LogP contribution in [0.2, 0.25) is 0 Å². The van der Waals surface area contributed by atoms with Gasteiger partial charge in [-0.3, -0.25) is 4.72 Å². The predicted molar refractivity (Wildman–Crippen MR) is 79.6 cm³/mol. The van der Waals surface area contributed by atoms with Crippen LogP contribution in [0.4, 0.5) is 5.69 Å². The highest BCUT2D eigenvalue weighted by atomic mass is 79.9. The average molecular weight is 315 g/mol. The first kappa shape index (κ1) is 13.2. The minimum absolute atomic E-state index is 0.655. The van der Waals surface area contributed by atoms with Gasteiger partial charge in [0.25, 0.3) is 0 Å². The van der Waals surface area contributed by atoms with Gasteiger partial charge in [-0.2, -0.15) is 0 Å². The second-order valence-electron chi connectivity index (χ2n) is 4.43. The Hall–Kier alpha value is -0.190. The fourth-order valence-electron chi connectivity index (χ4n) is 2.26. The monoisotopic (exact) mass is 314 g/mol. The van der Waals surface area contributed by atoms with Gasteiger partial charge in [0.15, 0.2) is 0 Å². The van der Waals surface area contributed by atoms with Crippen molar-refractivity contribution in [3.8, 4) is 0 Å². The van der Waals surface area contributed by atoms with E-state index in [1.165, 1.54) is 42.7 Å². The number of nitrogens with one attached hydrogen (secondary N) is 2. The number of halogens is 1. The molecule has 1 aliphatic rings. The maximum atomic E-state index is 3.64. The van der Waals surface area contributed by atoms with E-state index in [-0.39, 0.29) is 0 Å². The zero-order valence-corrected chi connectivity index (χ0v) is 12.5. The van der Waals surface area contributed by atoms with Crippen LogP contribution in [0.15, 0.2) is 27.6 Å². The molecule has 17 heavy (non-hydrogen) atoms. The van der Waals surface area contributed by atoms with Crippen molar-refractivity contribution >= 4 is 33.6 Å². The molecular weight excluding hydrogens is 296 g/mol. The number of anilines is 1. The second kappa shape index (κ2) is 6.66. The van der Waals surface area contributed by atoms with Gasteiger partial charge in [-0.15, -0.1) is 0 Å². The first-order valence-corrected chi connectivity index (χ1v) is 7.80. The second-order valence-corrected chi connectivity index (χ2v) is 6.37. The molecule has 2 rings (SSSR count). The third-order valence-corrected chi connectivity index (χ3v) is 4.48. The Bertz CT molecular complexity index is 364. The van der Waals surface area contributed by atoms with Crippen molar-refractivity contribution in [1.82, 2.24) is 4.72 Å². The molecule has 4 heteroatoms. The number of rotatable bonds is 4. The Morgan fingerprint density at radius 2 is 2.00 bits per heavy atom. The Balaban J connectivity index is 2.00. The van der Waals surface area contributed by atoms with E-state index in [1.54, 1.807) is 11.9 Å². The molecule has 0 aliphatic heterocycles. The predicted octanol–water partition coefficient (Wildman–Crippen LogP) is 4.42. The highest BCUT2D eigenvalue weighted by Crippen LogP contribution is 2.30. The van der Waals surface area contributed by atoms with Crippen LogP contribution in [0, 0.1) is 0 Å². The normalized spacial score (nSPS) is 17.1. The molecule has 0 saturated heterocycles. The van der Waals surface area contributed by atoms with Gasteiger partial charge in [0.1, 0.15) is 0 Å². The first-order chi connectivity index (χ1) is 8.29. The topological polar surface area (TPSA) is 24.1 Å². The molecule has 94 valence electrons. The highest BCUT2D eigenvalue weighted by molar-refractivity contribution is 9.10. The zero-order valence-electron chi connectivity index (χ0n) is 10.1. The quantitative estimate of drug-likeness (QED) is 0.804. The van der Waals surface area contributed by atoms with Gasteiger partial charge in [-0.25, -0.2) is 0 Å². The number of benzene rings is 1. The van der Waals surface area contributed by atoms with Crippen LogP contribution < -0.4 is 10.0 Å². The van der Waals surface area contributed by atoms with E-state index in [1.807, 2.05) is 7.05 Å². The molecule has 0 amide bonds. The lowest BCUT2D eigenvalue weighted by atomic mass is 9.95. The van der Waals surface area contributed by atoms with E-state index >= 15 is 0 Å². The largest absolute Gasteiger partial charge is 0.381 e. The maximum Gasteiger partial charge on any atom is 0.0487 e. The van der Waals surface area contributed by atoms with Gasteiger partial charge in [0.05, 0.1) is 0 Å². The smallest absolute Gasteiger partial charge is 0.0487 e. The molecule has 1 aromatic carbocycles. The molecule has 0 aromatic heterocycles. The molecule has 1 aromatic rings. The summed E-state index contributed by atoms with van der Waals surface area (Å²) in [6.45, 7) is 0. The van der Waals surface area contributed by atoms with Crippen molar-refractivity contribution in [2.45, 2.75) is 43.0 Å². The lowest BCUT2D eigenvalue weighted by molar-refractivity contribution is 0.462. The van der Waals surface area contributed by atoms with Crippen LogP contribution in [-0.4, -0.2) is 13.1 Å². The summed E-state index contributed by atoms with van der Waals surface area (Å²) in [4.78, 5) is 1.23. The van der Waals surface area contributed by atoms with Crippen molar-refractivity contribution in [2.24, 2.45) is 0 Å². The molecule has 1 saturated carbocycles. The summed E-state index contributed by atoms with van der Waals surface area (Å²) < 4.78 is 4.24. The van der Waals surface area contributed by atoms with Crippen molar-refractivity contribution < 1.29 is 0 Å². The number of hydrogen-bond acceptors (Lipinski definition) is 3. The zero-order chi connectivity index (χ0) is 12.1. The van der Waals surface area contributed by atoms with Crippen molar-refractivity contribution in [3.05, 3.63) is 22.7 Å². The van der Waals surface area contributed by atoms with Crippen molar-refractivity contribution in [1.29, 1.82) is 0 Å². The molecule has 0 unspecified atom stereocenters. The summed E-state index contributed by atoms with van der Waals surface area (Å²) >= 11 is 5.28. The lowest BCUT2D eigenvalue weighted by Gasteiger charge is -2.24. The fourth-order valence-corrected chi connectivity index (χ4v) is 3.45. The van der Waals surface area contributed by atoms with Crippen LogP contribution in [0.1, 0.15) is 32.1 Å².